The van der Waals surface area contributed by atoms with Gasteiger partial charge in [-0.2, -0.15) is 18.9 Å². The molecule has 1 aliphatic heterocycles. The first-order chi connectivity index (χ1) is 10.9. The SMILES string of the molecule is CC1=NN(C(=O)c2ccc(Br)cc2)[C@@](O)(C(F)(F)OC(F)(F)F)C1. The number of rotatable bonds is 3. The number of carbonyl (C=O) groups is 1. The first kappa shape index (κ1) is 18.7. The van der Waals surface area contributed by atoms with E-state index in [0.29, 0.717) is 4.47 Å². The van der Waals surface area contributed by atoms with Crippen molar-refractivity contribution in [3.05, 3.63) is 34.3 Å². The van der Waals surface area contributed by atoms with Crippen molar-refractivity contribution in [3.63, 3.8) is 0 Å². The molecule has 5 nitrogen and oxygen atoms in total. The number of carbonyl (C=O) groups excluding carboxylic acids is 1. The van der Waals surface area contributed by atoms with Gasteiger partial charge in [0.2, 0.25) is 0 Å². The van der Waals surface area contributed by atoms with Crippen LogP contribution in [-0.4, -0.2) is 39.9 Å². The summed E-state index contributed by atoms with van der Waals surface area (Å²) in [5.41, 5.74) is -3.91. The number of amides is 1. The third kappa shape index (κ3) is 3.57. The van der Waals surface area contributed by atoms with E-state index in [2.05, 4.69) is 25.8 Å². The zero-order valence-electron chi connectivity index (χ0n) is 11.9. The standard InChI is InChI=1S/C13H10BrF5N2O3/c1-7-6-11(23,12(15,16)24-13(17,18)19)21(20-7)10(22)8-2-4-9(14)5-3-8/h2-5,23H,6H2,1H3/t11-/m0/s1. The van der Waals surface area contributed by atoms with Gasteiger partial charge in [-0.1, -0.05) is 15.9 Å². The third-order valence-electron chi connectivity index (χ3n) is 3.12. The molecule has 24 heavy (non-hydrogen) atoms. The van der Waals surface area contributed by atoms with E-state index in [1.807, 2.05) is 0 Å². The van der Waals surface area contributed by atoms with Crippen molar-refractivity contribution in [2.24, 2.45) is 5.10 Å². The number of benzene rings is 1. The molecule has 132 valence electrons. The number of nitrogens with zero attached hydrogens (tertiary/aromatic N) is 2. The molecule has 0 spiro atoms. The Morgan fingerprint density at radius 1 is 1.29 bits per heavy atom. The predicted molar refractivity (Wildman–Crippen MR) is 75.1 cm³/mol. The van der Waals surface area contributed by atoms with E-state index in [9.17, 15) is 31.9 Å². The quantitative estimate of drug-likeness (QED) is 0.767. The van der Waals surface area contributed by atoms with Crippen LogP contribution in [-0.2, 0) is 4.74 Å². The molecular weight excluding hydrogens is 407 g/mol. The molecule has 11 heteroatoms. The zero-order chi connectivity index (χ0) is 18.3. The molecule has 1 aromatic rings. The van der Waals surface area contributed by atoms with Gasteiger partial charge >= 0.3 is 12.5 Å². The van der Waals surface area contributed by atoms with Gasteiger partial charge in [0.25, 0.3) is 11.6 Å². The molecule has 0 unspecified atom stereocenters. The second-order valence-electron chi connectivity index (χ2n) is 5.02. The van der Waals surface area contributed by atoms with E-state index in [4.69, 9.17) is 0 Å². The highest BCUT2D eigenvalue weighted by atomic mass is 79.9. The minimum Gasteiger partial charge on any atom is -0.362 e. The Hall–Kier alpha value is -1.59. The lowest BCUT2D eigenvalue weighted by Gasteiger charge is -2.36. The summed E-state index contributed by atoms with van der Waals surface area (Å²) in [5, 5.41) is 13.5. The second-order valence-corrected chi connectivity index (χ2v) is 5.93. The number of alkyl halides is 5. The molecule has 0 saturated heterocycles. The fourth-order valence-corrected chi connectivity index (χ4v) is 2.37. The van der Waals surface area contributed by atoms with Gasteiger partial charge < -0.3 is 5.11 Å². The van der Waals surface area contributed by atoms with Crippen molar-refractivity contribution in [2.75, 3.05) is 0 Å². The largest absolute Gasteiger partial charge is 0.527 e. The Morgan fingerprint density at radius 3 is 2.33 bits per heavy atom. The van der Waals surface area contributed by atoms with Crippen LogP contribution in [0.4, 0.5) is 22.0 Å². The van der Waals surface area contributed by atoms with Gasteiger partial charge in [0, 0.05) is 22.2 Å². The summed E-state index contributed by atoms with van der Waals surface area (Å²) in [6.07, 6.45) is -11.8. The smallest absolute Gasteiger partial charge is 0.362 e. The Morgan fingerprint density at radius 2 is 1.83 bits per heavy atom. The molecule has 1 N–H and O–H groups in total. The van der Waals surface area contributed by atoms with Crippen LogP contribution in [0.5, 0.6) is 0 Å². The second kappa shape index (κ2) is 6.05. The van der Waals surface area contributed by atoms with Gasteiger partial charge in [-0.3, -0.25) is 4.79 Å². The van der Waals surface area contributed by atoms with E-state index in [-0.39, 0.29) is 16.3 Å². The Balaban J connectivity index is 2.39. The number of ether oxygens (including phenoxy) is 1. The fraction of sp³-hybridized carbons (Fsp3) is 0.385. The van der Waals surface area contributed by atoms with E-state index in [1.165, 1.54) is 31.2 Å². The van der Waals surface area contributed by atoms with Gasteiger partial charge in [-0.25, -0.2) is 4.74 Å². The van der Waals surface area contributed by atoms with E-state index in [0.717, 1.165) is 0 Å². The van der Waals surface area contributed by atoms with Crippen LogP contribution in [0.15, 0.2) is 33.8 Å². The van der Waals surface area contributed by atoms with Crippen molar-refractivity contribution in [2.45, 2.75) is 31.5 Å². The molecule has 0 fully saturated rings. The van der Waals surface area contributed by atoms with Crippen molar-refractivity contribution < 1.29 is 36.6 Å². The minimum absolute atomic E-state index is 0.0860. The predicted octanol–water partition coefficient (Wildman–Crippen LogP) is 3.49. The van der Waals surface area contributed by atoms with Crippen molar-refractivity contribution in [3.8, 4) is 0 Å². The molecular formula is C13H10BrF5N2O3. The topological polar surface area (TPSA) is 62.1 Å². The van der Waals surface area contributed by atoms with Crippen molar-refractivity contribution >= 4 is 27.5 Å². The van der Waals surface area contributed by atoms with Crippen LogP contribution in [0.25, 0.3) is 0 Å². The van der Waals surface area contributed by atoms with Crippen LogP contribution >= 0.6 is 15.9 Å². The fourth-order valence-electron chi connectivity index (χ4n) is 2.10. The summed E-state index contributed by atoms with van der Waals surface area (Å²) < 4.78 is 67.8. The Kier molecular flexibility index (Phi) is 4.72. The van der Waals surface area contributed by atoms with E-state index < -0.39 is 30.5 Å². The average Bonchev–Trinajstić information content (AvgIpc) is 2.73. The molecule has 0 radical (unpaired) electrons. The summed E-state index contributed by atoms with van der Waals surface area (Å²) in [6, 6.07) is 5.31. The van der Waals surface area contributed by atoms with Crippen molar-refractivity contribution in [1.29, 1.82) is 0 Å². The highest BCUT2D eigenvalue weighted by molar-refractivity contribution is 9.10. The zero-order valence-corrected chi connectivity index (χ0v) is 13.5. The van der Waals surface area contributed by atoms with Gasteiger partial charge in [0.05, 0.1) is 0 Å². The maximum absolute atomic E-state index is 13.9. The average molecular weight is 417 g/mol. The number of halogens is 6. The molecule has 1 aliphatic rings. The summed E-state index contributed by atoms with van der Waals surface area (Å²) in [6.45, 7) is 1.18. The molecule has 0 bridgehead atoms. The van der Waals surface area contributed by atoms with E-state index in [1.54, 1.807) is 0 Å². The molecule has 1 heterocycles. The molecule has 1 amide bonds. The van der Waals surface area contributed by atoms with Crippen LogP contribution in [0.3, 0.4) is 0 Å². The molecule has 1 aromatic carbocycles. The third-order valence-corrected chi connectivity index (χ3v) is 3.65. The summed E-state index contributed by atoms with van der Waals surface area (Å²) in [4.78, 5) is 12.3. The normalized spacial score (nSPS) is 21.8. The minimum atomic E-state index is -5.72. The summed E-state index contributed by atoms with van der Waals surface area (Å²) >= 11 is 3.11. The number of hydrogen-bond acceptors (Lipinski definition) is 4. The van der Waals surface area contributed by atoms with Crippen LogP contribution in [0.1, 0.15) is 23.7 Å². The number of hydrogen-bond donors (Lipinski definition) is 1. The monoisotopic (exact) mass is 416 g/mol. The van der Waals surface area contributed by atoms with Crippen LogP contribution < -0.4 is 0 Å². The van der Waals surface area contributed by atoms with Gasteiger partial charge in [0.15, 0.2) is 0 Å². The maximum atomic E-state index is 13.9. The van der Waals surface area contributed by atoms with Crippen LogP contribution in [0, 0.1) is 0 Å². The van der Waals surface area contributed by atoms with Crippen LogP contribution in [0.2, 0.25) is 0 Å². The Bertz CT molecular complexity index is 677. The molecule has 1 atom stereocenters. The molecule has 0 aliphatic carbocycles. The molecule has 2 rings (SSSR count). The van der Waals surface area contributed by atoms with E-state index >= 15 is 0 Å². The van der Waals surface area contributed by atoms with Gasteiger partial charge in [0.1, 0.15) is 0 Å². The molecule has 0 aromatic heterocycles. The maximum Gasteiger partial charge on any atom is 0.527 e. The summed E-state index contributed by atoms with van der Waals surface area (Å²) in [7, 11) is 0. The highest BCUT2D eigenvalue weighted by Gasteiger charge is 2.66. The van der Waals surface area contributed by atoms with Crippen molar-refractivity contribution in [1.82, 2.24) is 5.01 Å². The lowest BCUT2D eigenvalue weighted by atomic mass is 10.1. The highest BCUT2D eigenvalue weighted by Crippen LogP contribution is 2.43. The lowest BCUT2D eigenvalue weighted by Crippen LogP contribution is -2.61. The Labute approximate surface area is 140 Å². The first-order valence-corrected chi connectivity index (χ1v) is 7.16. The lowest BCUT2D eigenvalue weighted by molar-refractivity contribution is -0.468. The first-order valence-electron chi connectivity index (χ1n) is 6.37. The summed E-state index contributed by atoms with van der Waals surface area (Å²) in [5.74, 6) is -1.20. The molecule has 0 saturated carbocycles. The number of aliphatic hydroxyl groups is 1. The van der Waals surface area contributed by atoms with Gasteiger partial charge in [-0.05, 0) is 31.2 Å². The van der Waals surface area contributed by atoms with Gasteiger partial charge in [-0.15, -0.1) is 13.2 Å². The number of hydrazone groups is 1.